The van der Waals surface area contributed by atoms with Crippen LogP contribution in [0.5, 0.6) is 0 Å². The van der Waals surface area contributed by atoms with E-state index in [0.29, 0.717) is 18.4 Å². The fraction of sp³-hybridized carbons (Fsp3) is 0.517. The smallest absolute Gasteiger partial charge is 0.410 e. The summed E-state index contributed by atoms with van der Waals surface area (Å²) in [5.74, 6) is 0.602. The second kappa shape index (κ2) is 10.2. The van der Waals surface area contributed by atoms with Gasteiger partial charge in [-0.2, -0.15) is 5.26 Å². The molecular formula is C29H37N3O2. The molecule has 2 fully saturated rings. The maximum Gasteiger partial charge on any atom is 0.410 e. The summed E-state index contributed by atoms with van der Waals surface area (Å²) < 4.78 is 5.62. The van der Waals surface area contributed by atoms with Gasteiger partial charge >= 0.3 is 6.09 Å². The first-order valence-corrected chi connectivity index (χ1v) is 12.5. The highest BCUT2D eigenvalue weighted by molar-refractivity contribution is 5.68. The minimum absolute atomic E-state index is 0.0963. The van der Waals surface area contributed by atoms with Crippen LogP contribution in [0.25, 0.3) is 0 Å². The van der Waals surface area contributed by atoms with Crippen molar-refractivity contribution < 1.29 is 9.53 Å². The minimum atomic E-state index is -0.475. The number of nitrogens with zero attached hydrogens (tertiary/aromatic N) is 2. The Morgan fingerprint density at radius 2 is 1.74 bits per heavy atom. The van der Waals surface area contributed by atoms with Crippen LogP contribution in [0.15, 0.2) is 54.6 Å². The van der Waals surface area contributed by atoms with Crippen LogP contribution in [-0.2, 0) is 17.6 Å². The molecule has 1 saturated heterocycles. The van der Waals surface area contributed by atoms with Gasteiger partial charge in [0.25, 0.3) is 0 Å². The number of hydrogen-bond donors (Lipinski definition) is 1. The van der Waals surface area contributed by atoms with Gasteiger partial charge in [-0.3, -0.25) is 0 Å². The van der Waals surface area contributed by atoms with Gasteiger partial charge in [-0.25, -0.2) is 4.79 Å². The molecule has 0 spiro atoms. The number of nitriles is 1. The molecule has 0 radical (unpaired) electrons. The van der Waals surface area contributed by atoms with Crippen LogP contribution < -0.4 is 5.32 Å². The van der Waals surface area contributed by atoms with Gasteiger partial charge in [-0.05, 0) is 68.6 Å². The molecule has 4 rings (SSSR count). The number of rotatable bonds is 7. The molecule has 2 aliphatic rings. The van der Waals surface area contributed by atoms with Crippen molar-refractivity contribution in [3.05, 3.63) is 71.3 Å². The lowest BCUT2D eigenvalue weighted by atomic mass is 9.73. The number of piperidine rings is 1. The number of amides is 1. The molecule has 5 nitrogen and oxygen atoms in total. The van der Waals surface area contributed by atoms with E-state index in [-0.39, 0.29) is 11.5 Å². The Morgan fingerprint density at radius 1 is 1.09 bits per heavy atom. The van der Waals surface area contributed by atoms with Crippen molar-refractivity contribution in [2.75, 3.05) is 19.6 Å². The van der Waals surface area contributed by atoms with E-state index in [1.54, 1.807) is 0 Å². The van der Waals surface area contributed by atoms with Crippen LogP contribution in [0.1, 0.15) is 62.6 Å². The van der Waals surface area contributed by atoms with E-state index in [0.717, 1.165) is 44.5 Å². The Morgan fingerprint density at radius 3 is 2.35 bits per heavy atom. The maximum absolute atomic E-state index is 12.6. The number of hydrogen-bond acceptors (Lipinski definition) is 4. The summed E-state index contributed by atoms with van der Waals surface area (Å²) in [6.07, 6.45) is 4.29. The third kappa shape index (κ3) is 6.39. The van der Waals surface area contributed by atoms with Gasteiger partial charge in [-0.1, -0.05) is 54.6 Å². The van der Waals surface area contributed by atoms with Gasteiger partial charge in [0.2, 0.25) is 0 Å². The van der Waals surface area contributed by atoms with Crippen molar-refractivity contribution >= 4 is 6.09 Å². The molecule has 1 amide bonds. The summed E-state index contributed by atoms with van der Waals surface area (Å²) in [7, 11) is 0. The van der Waals surface area contributed by atoms with Crippen molar-refractivity contribution in [1.29, 1.82) is 5.26 Å². The third-order valence-corrected chi connectivity index (χ3v) is 7.12. The van der Waals surface area contributed by atoms with Crippen molar-refractivity contribution in [2.24, 2.45) is 5.41 Å². The molecule has 1 heterocycles. The fourth-order valence-corrected chi connectivity index (χ4v) is 5.04. The number of likely N-dealkylation sites (tertiary alicyclic amines) is 1. The minimum Gasteiger partial charge on any atom is -0.444 e. The van der Waals surface area contributed by atoms with Crippen LogP contribution >= 0.6 is 0 Å². The Kier molecular flexibility index (Phi) is 7.28. The molecule has 5 heteroatoms. The van der Waals surface area contributed by atoms with Crippen LogP contribution in [-0.4, -0.2) is 42.3 Å². The Balaban J connectivity index is 1.41. The standard InChI is InChI=1S/C29H37N3O2/c1-28(2,3)34-27(33)32-17-14-29(15-18-32,20-23-11-9-22(10-12-23)13-16-30)21-31-26-19-25(26)24-7-5-4-6-8-24/h4-12,25-26,31H,13-15,17-21H2,1-3H3/t25?,26-/m1/s1. The molecule has 34 heavy (non-hydrogen) atoms. The van der Waals surface area contributed by atoms with E-state index in [2.05, 4.69) is 66.0 Å². The second-order valence-corrected chi connectivity index (χ2v) is 11.0. The lowest BCUT2D eigenvalue weighted by molar-refractivity contribution is 0.00991. The van der Waals surface area contributed by atoms with Gasteiger partial charge < -0.3 is 15.0 Å². The number of benzene rings is 2. The van der Waals surface area contributed by atoms with Gasteiger partial charge in [0.05, 0.1) is 12.5 Å². The summed E-state index contributed by atoms with van der Waals surface area (Å²) in [6.45, 7) is 8.13. The monoisotopic (exact) mass is 459 g/mol. The molecule has 0 aromatic heterocycles. The van der Waals surface area contributed by atoms with Gasteiger partial charge in [-0.15, -0.1) is 0 Å². The summed E-state index contributed by atoms with van der Waals surface area (Å²) >= 11 is 0. The van der Waals surface area contributed by atoms with Crippen molar-refractivity contribution in [3.63, 3.8) is 0 Å². The number of carbonyl (C=O) groups excluding carboxylic acids is 1. The quantitative estimate of drug-likeness (QED) is 0.597. The first-order valence-electron chi connectivity index (χ1n) is 12.5. The van der Waals surface area contributed by atoms with E-state index in [1.165, 1.54) is 17.5 Å². The molecule has 2 aromatic rings. The lowest BCUT2D eigenvalue weighted by Crippen LogP contribution is -2.49. The molecule has 2 aromatic carbocycles. The SMILES string of the molecule is CC(C)(C)OC(=O)N1CCC(CN[C@@H]2CC2c2ccccc2)(Cc2ccc(CC#N)cc2)CC1. The highest BCUT2D eigenvalue weighted by atomic mass is 16.6. The zero-order chi connectivity index (χ0) is 24.2. The Hall–Kier alpha value is -2.84. The molecule has 1 aliphatic heterocycles. The normalized spacial score (nSPS) is 21.5. The molecule has 1 aliphatic carbocycles. The second-order valence-electron chi connectivity index (χ2n) is 11.0. The zero-order valence-electron chi connectivity index (χ0n) is 20.7. The average molecular weight is 460 g/mol. The molecule has 1 saturated carbocycles. The summed E-state index contributed by atoms with van der Waals surface area (Å²) in [6, 6.07) is 22.0. The molecule has 1 N–H and O–H groups in total. The molecule has 0 bridgehead atoms. The van der Waals surface area contributed by atoms with E-state index in [1.807, 2.05) is 25.7 Å². The largest absolute Gasteiger partial charge is 0.444 e. The van der Waals surface area contributed by atoms with E-state index in [9.17, 15) is 4.79 Å². The van der Waals surface area contributed by atoms with Gasteiger partial charge in [0, 0.05) is 31.6 Å². The fourth-order valence-electron chi connectivity index (χ4n) is 5.04. The predicted molar refractivity (Wildman–Crippen MR) is 135 cm³/mol. The Bertz CT molecular complexity index is 996. The topological polar surface area (TPSA) is 65.4 Å². The summed E-state index contributed by atoms with van der Waals surface area (Å²) in [5, 5.41) is 12.8. The number of nitrogens with one attached hydrogen (secondary N) is 1. The van der Waals surface area contributed by atoms with Crippen molar-refractivity contribution in [1.82, 2.24) is 10.2 Å². The van der Waals surface area contributed by atoms with Crippen LogP contribution in [0.3, 0.4) is 0 Å². The molecule has 180 valence electrons. The molecular weight excluding hydrogens is 422 g/mol. The van der Waals surface area contributed by atoms with Gasteiger partial charge in [0.1, 0.15) is 5.60 Å². The highest BCUT2D eigenvalue weighted by Crippen LogP contribution is 2.42. The first-order chi connectivity index (χ1) is 16.3. The number of ether oxygens (including phenoxy) is 1. The van der Waals surface area contributed by atoms with Crippen molar-refractivity contribution in [3.8, 4) is 6.07 Å². The van der Waals surface area contributed by atoms with Crippen molar-refractivity contribution in [2.45, 2.75) is 70.4 Å². The maximum atomic E-state index is 12.6. The number of carbonyl (C=O) groups is 1. The molecule has 1 unspecified atom stereocenters. The first kappa shape index (κ1) is 24.3. The van der Waals surface area contributed by atoms with Crippen LogP contribution in [0.2, 0.25) is 0 Å². The van der Waals surface area contributed by atoms with Crippen LogP contribution in [0.4, 0.5) is 4.79 Å². The molecule has 2 atom stereocenters. The van der Waals surface area contributed by atoms with Crippen LogP contribution in [0, 0.1) is 16.7 Å². The zero-order valence-corrected chi connectivity index (χ0v) is 20.7. The summed E-state index contributed by atoms with van der Waals surface area (Å²) in [5.41, 5.74) is 3.39. The average Bonchev–Trinajstić information content (AvgIpc) is 3.59. The predicted octanol–water partition coefficient (Wildman–Crippen LogP) is 5.46. The van der Waals surface area contributed by atoms with Gasteiger partial charge in [0.15, 0.2) is 0 Å². The van der Waals surface area contributed by atoms with E-state index >= 15 is 0 Å². The highest BCUT2D eigenvalue weighted by Gasteiger charge is 2.42. The summed E-state index contributed by atoms with van der Waals surface area (Å²) in [4.78, 5) is 14.5. The lowest BCUT2D eigenvalue weighted by Gasteiger charge is -2.42. The third-order valence-electron chi connectivity index (χ3n) is 7.12. The van der Waals surface area contributed by atoms with E-state index < -0.39 is 5.60 Å². The Labute approximate surface area is 204 Å². The van der Waals surface area contributed by atoms with E-state index in [4.69, 9.17) is 10.00 Å².